The quantitative estimate of drug-likeness (QED) is 0.720. The van der Waals surface area contributed by atoms with E-state index in [0.29, 0.717) is 19.6 Å². The van der Waals surface area contributed by atoms with Crippen molar-refractivity contribution in [2.24, 2.45) is 0 Å². The molecule has 0 aromatic heterocycles. The van der Waals surface area contributed by atoms with Crippen molar-refractivity contribution in [3.05, 3.63) is 47.5 Å². The molecular weight excluding hydrogens is 354 g/mol. The number of benzene rings is 2. The Balaban J connectivity index is 1.23. The lowest BCUT2D eigenvalue weighted by atomic mass is 9.97. The van der Waals surface area contributed by atoms with Crippen molar-refractivity contribution in [2.45, 2.75) is 44.6 Å². The number of aryl methyl sites for hydroxylation is 2. The van der Waals surface area contributed by atoms with Gasteiger partial charge >= 0.3 is 0 Å². The van der Waals surface area contributed by atoms with Gasteiger partial charge in [-0.1, -0.05) is 12.1 Å². The average molecular weight is 381 g/mol. The van der Waals surface area contributed by atoms with E-state index >= 15 is 0 Å². The number of hydrogen-bond donors (Lipinski definition) is 0. The molecule has 0 aliphatic carbocycles. The molecule has 0 saturated carbocycles. The third kappa shape index (κ3) is 3.76. The second-order valence-electron chi connectivity index (χ2n) is 7.85. The number of likely N-dealkylation sites (tertiary alicyclic amines) is 1. The fraction of sp³-hybridized carbons (Fsp3) is 0.478. The van der Waals surface area contributed by atoms with E-state index in [0.717, 1.165) is 35.8 Å². The van der Waals surface area contributed by atoms with Crippen LogP contribution in [0, 0.1) is 0 Å². The van der Waals surface area contributed by atoms with E-state index in [1.165, 1.54) is 49.9 Å². The van der Waals surface area contributed by atoms with E-state index in [1.54, 1.807) is 0 Å². The molecule has 3 aliphatic rings. The fourth-order valence-corrected chi connectivity index (χ4v) is 4.48. The summed E-state index contributed by atoms with van der Waals surface area (Å²) in [5.74, 6) is 3.50. The van der Waals surface area contributed by atoms with E-state index < -0.39 is 0 Å². The molecule has 148 valence electrons. The molecule has 2 aromatic carbocycles. The van der Waals surface area contributed by atoms with Gasteiger partial charge in [0.2, 0.25) is 13.6 Å². The second-order valence-corrected chi connectivity index (χ2v) is 7.85. The van der Waals surface area contributed by atoms with Crippen LogP contribution >= 0.6 is 0 Å². The van der Waals surface area contributed by atoms with Gasteiger partial charge in [0, 0.05) is 6.04 Å². The molecule has 1 saturated heterocycles. The maximum absolute atomic E-state index is 5.53. The summed E-state index contributed by atoms with van der Waals surface area (Å²) in [6, 6.07) is 13.3. The minimum Gasteiger partial charge on any atom is -0.454 e. The van der Waals surface area contributed by atoms with E-state index in [2.05, 4.69) is 29.2 Å². The van der Waals surface area contributed by atoms with Crippen molar-refractivity contribution in [1.82, 2.24) is 4.90 Å². The molecule has 0 spiro atoms. The van der Waals surface area contributed by atoms with Gasteiger partial charge in [0.1, 0.15) is 0 Å². The molecule has 3 heterocycles. The molecular formula is C23H27NO4. The van der Waals surface area contributed by atoms with Crippen molar-refractivity contribution < 1.29 is 18.9 Å². The molecule has 5 heteroatoms. The number of fused-ring (bicyclic) bond motifs is 2. The summed E-state index contributed by atoms with van der Waals surface area (Å²) in [5.41, 5.74) is 2.66. The summed E-state index contributed by atoms with van der Waals surface area (Å²) < 4.78 is 21.9. The highest BCUT2D eigenvalue weighted by Gasteiger charge is 2.23. The van der Waals surface area contributed by atoms with Crippen LogP contribution in [0.4, 0.5) is 0 Å². The first-order valence-corrected chi connectivity index (χ1v) is 10.4. The highest BCUT2D eigenvalue weighted by Crippen LogP contribution is 2.34. The van der Waals surface area contributed by atoms with Gasteiger partial charge in [-0.15, -0.1) is 0 Å². The molecule has 28 heavy (non-hydrogen) atoms. The molecule has 0 bridgehead atoms. The van der Waals surface area contributed by atoms with Crippen molar-refractivity contribution in [3.8, 4) is 23.0 Å². The van der Waals surface area contributed by atoms with Crippen molar-refractivity contribution in [1.29, 1.82) is 0 Å². The summed E-state index contributed by atoms with van der Waals surface area (Å²) in [4.78, 5) is 2.68. The molecule has 0 atom stereocenters. The smallest absolute Gasteiger partial charge is 0.231 e. The molecule has 0 amide bonds. The summed E-state index contributed by atoms with van der Waals surface area (Å²) in [6.07, 6.45) is 7.13. The Morgan fingerprint density at radius 1 is 0.679 bits per heavy atom. The first-order chi connectivity index (χ1) is 13.8. The van der Waals surface area contributed by atoms with Gasteiger partial charge in [0.25, 0.3) is 0 Å². The minimum atomic E-state index is 0.338. The SMILES string of the molecule is c1cc2c(cc1CCC(CCc1ccc3c(c1)OCO3)N1CCCC1)OCO2. The van der Waals surface area contributed by atoms with Gasteiger partial charge < -0.3 is 23.8 Å². The highest BCUT2D eigenvalue weighted by molar-refractivity contribution is 5.45. The zero-order valence-corrected chi connectivity index (χ0v) is 16.2. The molecule has 0 radical (unpaired) electrons. The van der Waals surface area contributed by atoms with Gasteiger partial charge in [0.15, 0.2) is 23.0 Å². The number of hydrogen-bond acceptors (Lipinski definition) is 5. The maximum Gasteiger partial charge on any atom is 0.231 e. The highest BCUT2D eigenvalue weighted by atomic mass is 16.7. The summed E-state index contributed by atoms with van der Waals surface area (Å²) in [7, 11) is 0. The first-order valence-electron chi connectivity index (χ1n) is 10.4. The van der Waals surface area contributed by atoms with Crippen LogP contribution in [0.3, 0.4) is 0 Å². The lowest BCUT2D eigenvalue weighted by Gasteiger charge is -2.28. The lowest BCUT2D eigenvalue weighted by molar-refractivity contribution is 0.173. The largest absolute Gasteiger partial charge is 0.454 e. The third-order valence-corrected chi connectivity index (χ3v) is 6.06. The standard InChI is InChI=1S/C23H27NO4/c1-2-12-24(11-1)19(7-3-17-5-9-20-22(13-17)27-15-25-20)8-4-18-6-10-21-23(14-18)28-16-26-21/h5-6,9-10,13-14,19H,1-4,7-8,11-12,15-16H2. The third-order valence-electron chi connectivity index (χ3n) is 6.06. The topological polar surface area (TPSA) is 40.2 Å². The fourth-order valence-electron chi connectivity index (χ4n) is 4.48. The average Bonchev–Trinajstić information content (AvgIpc) is 3.48. The zero-order valence-electron chi connectivity index (χ0n) is 16.2. The molecule has 5 nitrogen and oxygen atoms in total. The monoisotopic (exact) mass is 381 g/mol. The first kappa shape index (κ1) is 17.7. The van der Waals surface area contributed by atoms with Crippen molar-refractivity contribution in [3.63, 3.8) is 0 Å². The second kappa shape index (κ2) is 7.92. The molecule has 3 aliphatic heterocycles. The Hall–Kier alpha value is -2.40. The van der Waals surface area contributed by atoms with Crippen LogP contribution in [-0.4, -0.2) is 37.6 Å². The van der Waals surface area contributed by atoms with E-state index in [-0.39, 0.29) is 0 Å². The normalized spacial score (nSPS) is 17.6. The van der Waals surface area contributed by atoms with Gasteiger partial charge in [0.05, 0.1) is 0 Å². The Labute approximate surface area is 166 Å². The summed E-state index contributed by atoms with van der Waals surface area (Å²) in [5, 5.41) is 0. The predicted octanol–water partition coefficient (Wildman–Crippen LogP) is 4.17. The number of ether oxygens (including phenoxy) is 4. The summed E-state index contributed by atoms with van der Waals surface area (Å²) in [6.45, 7) is 3.13. The molecule has 2 aromatic rings. The van der Waals surface area contributed by atoms with E-state index in [4.69, 9.17) is 18.9 Å². The Kier molecular flexibility index (Phi) is 5.00. The zero-order chi connectivity index (χ0) is 18.8. The maximum atomic E-state index is 5.53. The van der Waals surface area contributed by atoms with Gasteiger partial charge in [-0.25, -0.2) is 0 Å². The molecule has 1 fully saturated rings. The van der Waals surface area contributed by atoms with Crippen molar-refractivity contribution >= 4 is 0 Å². The van der Waals surface area contributed by atoms with E-state index in [1.807, 2.05) is 12.1 Å². The van der Waals surface area contributed by atoms with Gasteiger partial charge in [-0.2, -0.15) is 0 Å². The van der Waals surface area contributed by atoms with Crippen LogP contribution in [0.1, 0.15) is 36.8 Å². The molecule has 0 N–H and O–H groups in total. The van der Waals surface area contributed by atoms with Crippen LogP contribution in [0.2, 0.25) is 0 Å². The molecule has 5 rings (SSSR count). The Bertz CT molecular complexity index is 770. The number of rotatable bonds is 7. The molecule has 0 unspecified atom stereocenters. The van der Waals surface area contributed by atoms with Crippen LogP contribution in [-0.2, 0) is 12.8 Å². The van der Waals surface area contributed by atoms with Crippen LogP contribution in [0.5, 0.6) is 23.0 Å². The Morgan fingerprint density at radius 2 is 1.18 bits per heavy atom. The van der Waals surface area contributed by atoms with Gasteiger partial charge in [-0.05, 0) is 87.0 Å². The summed E-state index contributed by atoms with van der Waals surface area (Å²) >= 11 is 0. The van der Waals surface area contributed by atoms with Gasteiger partial charge in [-0.3, -0.25) is 0 Å². The van der Waals surface area contributed by atoms with E-state index in [9.17, 15) is 0 Å². The van der Waals surface area contributed by atoms with Crippen LogP contribution in [0.25, 0.3) is 0 Å². The van der Waals surface area contributed by atoms with Crippen LogP contribution < -0.4 is 18.9 Å². The predicted molar refractivity (Wildman–Crippen MR) is 106 cm³/mol. The van der Waals surface area contributed by atoms with Crippen molar-refractivity contribution in [2.75, 3.05) is 26.7 Å². The lowest BCUT2D eigenvalue weighted by Crippen LogP contribution is -2.33. The number of nitrogens with zero attached hydrogens (tertiary/aromatic N) is 1. The van der Waals surface area contributed by atoms with Crippen LogP contribution in [0.15, 0.2) is 36.4 Å². The minimum absolute atomic E-state index is 0.338. The Morgan fingerprint density at radius 3 is 1.71 bits per heavy atom.